The van der Waals surface area contributed by atoms with Crippen molar-refractivity contribution < 1.29 is 4.79 Å². The van der Waals surface area contributed by atoms with Crippen molar-refractivity contribution in [2.75, 3.05) is 32.7 Å². The first-order chi connectivity index (χ1) is 7.18. The zero-order valence-electron chi connectivity index (χ0n) is 9.88. The molecule has 1 aliphatic rings. The van der Waals surface area contributed by atoms with Crippen molar-refractivity contribution in [3.63, 3.8) is 0 Å². The Kier molecular flexibility index (Phi) is 5.65. The van der Waals surface area contributed by atoms with E-state index in [0.717, 1.165) is 13.1 Å². The first-order valence-corrected chi connectivity index (χ1v) is 5.91. The molecule has 0 aromatic carbocycles. The van der Waals surface area contributed by atoms with Crippen LogP contribution in [0.2, 0.25) is 0 Å². The second-order valence-corrected chi connectivity index (χ2v) is 4.43. The number of nitrogens with zero attached hydrogens (tertiary/aromatic N) is 1. The summed E-state index contributed by atoms with van der Waals surface area (Å²) in [6.07, 6.45) is 2.62. The van der Waals surface area contributed by atoms with Crippen LogP contribution in [0.25, 0.3) is 0 Å². The number of hydrogen-bond donors (Lipinski definition) is 2. The summed E-state index contributed by atoms with van der Waals surface area (Å²) in [6, 6.07) is 0.370. The average molecular weight is 213 g/mol. The lowest BCUT2D eigenvalue weighted by atomic mass is 10.4. The Balaban J connectivity index is 1.96. The van der Waals surface area contributed by atoms with E-state index in [4.69, 9.17) is 0 Å². The van der Waals surface area contributed by atoms with Crippen LogP contribution in [0.4, 0.5) is 0 Å². The largest absolute Gasteiger partial charge is 0.354 e. The van der Waals surface area contributed by atoms with Gasteiger partial charge in [-0.3, -0.25) is 4.79 Å². The summed E-state index contributed by atoms with van der Waals surface area (Å²) in [4.78, 5) is 13.7. The number of rotatable bonds is 6. The molecule has 1 aliphatic heterocycles. The van der Waals surface area contributed by atoms with E-state index in [1.807, 2.05) is 13.8 Å². The third-order valence-corrected chi connectivity index (χ3v) is 2.62. The van der Waals surface area contributed by atoms with Gasteiger partial charge >= 0.3 is 0 Å². The molecule has 4 nitrogen and oxygen atoms in total. The highest BCUT2D eigenvalue weighted by Crippen LogP contribution is 2.05. The lowest BCUT2D eigenvalue weighted by molar-refractivity contribution is -0.120. The molecule has 88 valence electrons. The number of carbonyl (C=O) groups excluding carboxylic acids is 1. The van der Waals surface area contributed by atoms with Gasteiger partial charge in [-0.15, -0.1) is 0 Å². The number of likely N-dealkylation sites (tertiary alicyclic amines) is 1. The Bertz CT molecular complexity index is 188. The predicted octanol–water partition coefficient (Wildman–Crippen LogP) is 0.196. The summed E-state index contributed by atoms with van der Waals surface area (Å²) >= 11 is 0. The fourth-order valence-electron chi connectivity index (χ4n) is 1.72. The lowest BCUT2D eigenvalue weighted by Gasteiger charge is -2.15. The summed E-state index contributed by atoms with van der Waals surface area (Å²) in [5.41, 5.74) is 0. The van der Waals surface area contributed by atoms with Crippen molar-refractivity contribution in [2.45, 2.75) is 32.7 Å². The monoisotopic (exact) mass is 213 g/mol. The molecule has 1 heterocycles. The molecule has 1 rings (SSSR count). The maximum Gasteiger partial charge on any atom is 0.234 e. The van der Waals surface area contributed by atoms with Crippen LogP contribution in [0.3, 0.4) is 0 Å². The molecular weight excluding hydrogens is 190 g/mol. The SMILES string of the molecule is CC(C)NCC(=O)NCCN1CCCC1. The third kappa shape index (κ3) is 5.74. The highest BCUT2D eigenvalue weighted by molar-refractivity contribution is 5.77. The molecule has 15 heavy (non-hydrogen) atoms. The minimum Gasteiger partial charge on any atom is -0.354 e. The quantitative estimate of drug-likeness (QED) is 0.662. The van der Waals surface area contributed by atoms with Gasteiger partial charge in [0.1, 0.15) is 0 Å². The second-order valence-electron chi connectivity index (χ2n) is 4.43. The van der Waals surface area contributed by atoms with E-state index in [1.165, 1.54) is 25.9 Å². The molecule has 0 aliphatic carbocycles. The smallest absolute Gasteiger partial charge is 0.234 e. The van der Waals surface area contributed by atoms with Gasteiger partial charge in [-0.05, 0) is 25.9 Å². The van der Waals surface area contributed by atoms with Crippen LogP contribution in [0.5, 0.6) is 0 Å². The Hall–Kier alpha value is -0.610. The Morgan fingerprint density at radius 1 is 1.33 bits per heavy atom. The van der Waals surface area contributed by atoms with Gasteiger partial charge in [0.2, 0.25) is 5.91 Å². The van der Waals surface area contributed by atoms with Crippen molar-refractivity contribution in [2.24, 2.45) is 0 Å². The van der Waals surface area contributed by atoms with E-state index >= 15 is 0 Å². The molecule has 0 aromatic heterocycles. The summed E-state index contributed by atoms with van der Waals surface area (Å²) in [6.45, 7) is 8.67. The average Bonchev–Trinajstić information content (AvgIpc) is 2.67. The topological polar surface area (TPSA) is 44.4 Å². The van der Waals surface area contributed by atoms with Crippen LogP contribution in [0.15, 0.2) is 0 Å². The Morgan fingerprint density at radius 2 is 2.00 bits per heavy atom. The highest BCUT2D eigenvalue weighted by Gasteiger charge is 2.10. The highest BCUT2D eigenvalue weighted by atomic mass is 16.1. The Labute approximate surface area is 92.4 Å². The van der Waals surface area contributed by atoms with Crippen LogP contribution in [0, 0.1) is 0 Å². The van der Waals surface area contributed by atoms with Crippen molar-refractivity contribution in [1.29, 1.82) is 0 Å². The fourth-order valence-corrected chi connectivity index (χ4v) is 1.72. The maximum absolute atomic E-state index is 11.3. The van der Waals surface area contributed by atoms with E-state index in [0.29, 0.717) is 12.6 Å². The van der Waals surface area contributed by atoms with Gasteiger partial charge in [0.05, 0.1) is 6.54 Å². The van der Waals surface area contributed by atoms with Crippen LogP contribution < -0.4 is 10.6 Å². The van der Waals surface area contributed by atoms with Crippen LogP contribution in [0.1, 0.15) is 26.7 Å². The second kappa shape index (κ2) is 6.80. The number of carbonyl (C=O) groups is 1. The molecule has 0 bridgehead atoms. The van der Waals surface area contributed by atoms with Crippen LogP contribution >= 0.6 is 0 Å². The van der Waals surface area contributed by atoms with Gasteiger partial charge in [0.25, 0.3) is 0 Å². The van der Waals surface area contributed by atoms with Crippen molar-refractivity contribution in [3.05, 3.63) is 0 Å². The Morgan fingerprint density at radius 3 is 2.60 bits per heavy atom. The molecule has 4 heteroatoms. The zero-order valence-corrected chi connectivity index (χ0v) is 9.88. The van der Waals surface area contributed by atoms with Gasteiger partial charge in [0, 0.05) is 19.1 Å². The molecule has 1 fully saturated rings. The van der Waals surface area contributed by atoms with E-state index in [2.05, 4.69) is 15.5 Å². The van der Waals surface area contributed by atoms with Gasteiger partial charge in [0.15, 0.2) is 0 Å². The minimum atomic E-state index is 0.0999. The van der Waals surface area contributed by atoms with Gasteiger partial charge in [-0.2, -0.15) is 0 Å². The maximum atomic E-state index is 11.3. The molecule has 0 atom stereocenters. The molecule has 0 aromatic rings. The van der Waals surface area contributed by atoms with Crippen LogP contribution in [-0.4, -0.2) is 49.6 Å². The number of amides is 1. The molecule has 1 saturated heterocycles. The summed E-state index contributed by atoms with van der Waals surface area (Å²) < 4.78 is 0. The van der Waals surface area contributed by atoms with E-state index < -0.39 is 0 Å². The third-order valence-electron chi connectivity index (χ3n) is 2.62. The molecular formula is C11H23N3O. The van der Waals surface area contributed by atoms with Crippen molar-refractivity contribution in [1.82, 2.24) is 15.5 Å². The minimum absolute atomic E-state index is 0.0999. The van der Waals surface area contributed by atoms with Gasteiger partial charge in [-0.1, -0.05) is 13.8 Å². The standard InChI is InChI=1S/C11H23N3O/c1-10(2)13-9-11(15)12-5-8-14-6-3-4-7-14/h10,13H,3-9H2,1-2H3,(H,12,15). The van der Waals surface area contributed by atoms with Gasteiger partial charge in [-0.25, -0.2) is 0 Å². The van der Waals surface area contributed by atoms with Crippen LogP contribution in [-0.2, 0) is 4.79 Å². The zero-order chi connectivity index (χ0) is 11.1. The molecule has 2 N–H and O–H groups in total. The normalized spacial score (nSPS) is 17.3. The first-order valence-electron chi connectivity index (χ1n) is 5.91. The summed E-state index contributed by atoms with van der Waals surface area (Å²) in [5, 5.41) is 6.02. The molecule has 0 spiro atoms. The predicted molar refractivity (Wildman–Crippen MR) is 61.8 cm³/mol. The molecule has 0 saturated carbocycles. The summed E-state index contributed by atoms with van der Waals surface area (Å²) in [7, 11) is 0. The lowest BCUT2D eigenvalue weighted by Crippen LogP contribution is -2.40. The van der Waals surface area contributed by atoms with Crippen molar-refractivity contribution in [3.8, 4) is 0 Å². The number of hydrogen-bond acceptors (Lipinski definition) is 3. The van der Waals surface area contributed by atoms with E-state index in [9.17, 15) is 4.79 Å². The number of nitrogens with one attached hydrogen (secondary N) is 2. The molecule has 0 radical (unpaired) electrons. The summed E-state index contributed by atoms with van der Waals surface area (Å²) in [5.74, 6) is 0.0999. The molecule has 0 unspecified atom stereocenters. The molecule has 1 amide bonds. The van der Waals surface area contributed by atoms with E-state index in [-0.39, 0.29) is 5.91 Å². The first kappa shape index (κ1) is 12.5. The fraction of sp³-hybridized carbons (Fsp3) is 0.909. The van der Waals surface area contributed by atoms with Gasteiger partial charge < -0.3 is 15.5 Å². The van der Waals surface area contributed by atoms with E-state index in [1.54, 1.807) is 0 Å². The van der Waals surface area contributed by atoms with Crippen molar-refractivity contribution >= 4 is 5.91 Å².